The number of fused-ring (bicyclic) bond motifs is 1. The van der Waals surface area contributed by atoms with Crippen LogP contribution in [0.15, 0.2) is 24.4 Å². The molecule has 3 atom stereocenters. The Bertz CT molecular complexity index is 851. The maximum Gasteiger partial charge on any atom is 0.129 e. The van der Waals surface area contributed by atoms with Crippen molar-refractivity contribution in [2.45, 2.75) is 57.1 Å². The van der Waals surface area contributed by atoms with Crippen LogP contribution in [0.25, 0.3) is 0 Å². The molecule has 0 amide bonds. The van der Waals surface area contributed by atoms with E-state index >= 15 is 0 Å². The summed E-state index contributed by atoms with van der Waals surface area (Å²) in [7, 11) is 0. The summed E-state index contributed by atoms with van der Waals surface area (Å²) in [4.78, 5) is 2.37. The van der Waals surface area contributed by atoms with Gasteiger partial charge in [-0.15, -0.1) is 0 Å². The Balaban J connectivity index is 1.26. The number of nitrogens with zero attached hydrogens (tertiary/aromatic N) is 3. The Morgan fingerprint density at radius 2 is 2.07 bits per heavy atom. The Labute approximate surface area is 157 Å². The second-order valence-corrected chi connectivity index (χ2v) is 8.12. The maximum absolute atomic E-state index is 14.1. The van der Waals surface area contributed by atoms with Gasteiger partial charge in [0.15, 0.2) is 0 Å². The first kappa shape index (κ1) is 17.3. The third-order valence-electron chi connectivity index (χ3n) is 6.07. The highest BCUT2D eigenvalue weighted by Crippen LogP contribution is 2.36. The highest BCUT2D eigenvalue weighted by molar-refractivity contribution is 5.25. The van der Waals surface area contributed by atoms with Crippen LogP contribution in [0, 0.1) is 17.6 Å². The van der Waals surface area contributed by atoms with E-state index in [1.54, 1.807) is 0 Å². The van der Waals surface area contributed by atoms with Crippen LogP contribution in [0.1, 0.15) is 42.2 Å². The lowest BCUT2D eigenvalue weighted by atomic mass is 9.93. The third kappa shape index (κ3) is 3.28. The van der Waals surface area contributed by atoms with E-state index in [1.165, 1.54) is 30.2 Å². The summed E-state index contributed by atoms with van der Waals surface area (Å²) >= 11 is 0. The van der Waals surface area contributed by atoms with Gasteiger partial charge >= 0.3 is 0 Å². The van der Waals surface area contributed by atoms with Gasteiger partial charge in [0.25, 0.3) is 0 Å². The average Bonchev–Trinajstić information content (AvgIpc) is 3.24. The monoisotopic (exact) mass is 374 g/mol. The van der Waals surface area contributed by atoms with E-state index in [9.17, 15) is 8.78 Å². The molecule has 2 aliphatic heterocycles. The zero-order chi connectivity index (χ0) is 18.5. The molecule has 0 spiro atoms. The highest BCUT2D eigenvalue weighted by atomic mass is 19.1. The van der Waals surface area contributed by atoms with Crippen LogP contribution in [0.4, 0.5) is 8.78 Å². The molecule has 5 nitrogen and oxygen atoms in total. The predicted molar refractivity (Wildman–Crippen MR) is 95.6 cm³/mol. The van der Waals surface area contributed by atoms with Crippen LogP contribution in [0.5, 0.6) is 0 Å². The van der Waals surface area contributed by atoms with Crippen molar-refractivity contribution in [3.63, 3.8) is 0 Å². The minimum Gasteiger partial charge on any atom is -0.370 e. The number of rotatable bonds is 4. The summed E-state index contributed by atoms with van der Waals surface area (Å²) in [6, 6.07) is 3.25. The van der Waals surface area contributed by atoms with Gasteiger partial charge < -0.3 is 10.5 Å². The smallest absolute Gasteiger partial charge is 0.129 e. The quantitative estimate of drug-likeness (QED) is 0.894. The summed E-state index contributed by atoms with van der Waals surface area (Å²) in [6.45, 7) is 3.18. The van der Waals surface area contributed by atoms with Crippen molar-refractivity contribution in [1.29, 1.82) is 0 Å². The normalized spacial score (nSPS) is 28.5. The molecule has 1 saturated heterocycles. The van der Waals surface area contributed by atoms with Gasteiger partial charge in [0.2, 0.25) is 0 Å². The van der Waals surface area contributed by atoms with E-state index in [-0.39, 0.29) is 17.6 Å². The molecule has 3 heterocycles. The topological polar surface area (TPSA) is 56.3 Å². The zero-order valence-electron chi connectivity index (χ0n) is 15.2. The Morgan fingerprint density at radius 3 is 2.85 bits per heavy atom. The Kier molecular flexibility index (Phi) is 4.26. The highest BCUT2D eigenvalue weighted by Gasteiger charge is 2.37. The van der Waals surface area contributed by atoms with Crippen LogP contribution in [-0.2, 0) is 24.4 Å². The van der Waals surface area contributed by atoms with Crippen molar-refractivity contribution in [3.8, 4) is 0 Å². The summed E-state index contributed by atoms with van der Waals surface area (Å²) in [5, 5.41) is 4.54. The van der Waals surface area contributed by atoms with Crippen LogP contribution in [0.2, 0.25) is 0 Å². The fraction of sp³-hybridized carbons (Fsp3) is 0.550. The van der Waals surface area contributed by atoms with Crippen molar-refractivity contribution >= 4 is 0 Å². The van der Waals surface area contributed by atoms with E-state index in [4.69, 9.17) is 10.5 Å². The number of halogens is 2. The number of nitrogens with two attached hydrogens (primary N) is 1. The average molecular weight is 374 g/mol. The summed E-state index contributed by atoms with van der Waals surface area (Å²) < 4.78 is 35.7. The molecule has 144 valence electrons. The molecule has 2 N–H and O–H groups in total. The first-order valence-electron chi connectivity index (χ1n) is 9.68. The van der Waals surface area contributed by atoms with Crippen LogP contribution in [0.3, 0.4) is 0 Å². The molecule has 2 aromatic rings. The van der Waals surface area contributed by atoms with Crippen molar-refractivity contribution in [2.75, 3.05) is 6.61 Å². The van der Waals surface area contributed by atoms with Crippen molar-refractivity contribution in [1.82, 2.24) is 14.7 Å². The first-order valence-corrected chi connectivity index (χ1v) is 9.68. The van der Waals surface area contributed by atoms with Gasteiger partial charge in [0, 0.05) is 42.8 Å². The van der Waals surface area contributed by atoms with Gasteiger partial charge in [0.1, 0.15) is 17.7 Å². The molecule has 2 fully saturated rings. The van der Waals surface area contributed by atoms with Gasteiger partial charge in [-0.3, -0.25) is 9.58 Å². The van der Waals surface area contributed by atoms with Gasteiger partial charge in [-0.05, 0) is 43.4 Å². The van der Waals surface area contributed by atoms with Crippen LogP contribution in [-0.4, -0.2) is 33.4 Å². The van der Waals surface area contributed by atoms with Gasteiger partial charge in [-0.2, -0.15) is 5.10 Å². The SMILES string of the molecule is N[C@H]1C[C@@H](N2Cc3cnn(CC4CC4)c3C2)CO[C@@H]1c1cc(F)ccc1F. The standard InChI is InChI=1S/C20H24F2N4O/c21-14-3-4-17(22)16(5-14)20-18(23)6-15(11-27-20)25-9-13-7-24-26(19(13)10-25)8-12-1-2-12/h3-5,7,12,15,18,20H,1-2,6,8-11,23H2/t15-,18+,20-/m1/s1. The molecule has 1 aromatic heterocycles. The minimum absolute atomic E-state index is 0.176. The van der Waals surface area contributed by atoms with Crippen molar-refractivity contribution in [3.05, 3.63) is 52.9 Å². The number of ether oxygens (including phenoxy) is 1. The fourth-order valence-corrected chi connectivity index (χ4v) is 4.34. The van der Waals surface area contributed by atoms with E-state index in [1.807, 2.05) is 6.20 Å². The second-order valence-electron chi connectivity index (χ2n) is 8.12. The van der Waals surface area contributed by atoms with E-state index in [2.05, 4.69) is 14.7 Å². The van der Waals surface area contributed by atoms with Gasteiger partial charge in [0.05, 0.1) is 18.5 Å². The largest absolute Gasteiger partial charge is 0.370 e. The van der Waals surface area contributed by atoms with E-state index in [0.717, 1.165) is 37.7 Å². The summed E-state index contributed by atoms with van der Waals surface area (Å²) in [5.74, 6) is -0.153. The number of benzene rings is 1. The molecule has 7 heteroatoms. The van der Waals surface area contributed by atoms with Gasteiger partial charge in [-0.1, -0.05) is 0 Å². The first-order chi connectivity index (χ1) is 13.1. The Morgan fingerprint density at radius 1 is 1.22 bits per heavy atom. The number of aromatic nitrogens is 2. The predicted octanol–water partition coefficient (Wildman–Crippen LogP) is 2.74. The lowest BCUT2D eigenvalue weighted by Crippen LogP contribution is -2.47. The summed E-state index contributed by atoms with van der Waals surface area (Å²) in [6.07, 6.45) is 4.68. The van der Waals surface area contributed by atoms with Crippen LogP contribution >= 0.6 is 0 Å². The third-order valence-corrected chi connectivity index (χ3v) is 6.07. The maximum atomic E-state index is 14.1. The molecule has 3 aliphatic rings. The number of hydrogen-bond acceptors (Lipinski definition) is 4. The summed E-state index contributed by atoms with van der Waals surface area (Å²) in [5.41, 5.74) is 9.11. The molecule has 27 heavy (non-hydrogen) atoms. The van der Waals surface area contributed by atoms with E-state index < -0.39 is 17.7 Å². The second kappa shape index (κ2) is 6.65. The zero-order valence-corrected chi connectivity index (χ0v) is 15.2. The molecule has 0 unspecified atom stereocenters. The van der Waals surface area contributed by atoms with Crippen molar-refractivity contribution < 1.29 is 13.5 Å². The van der Waals surface area contributed by atoms with E-state index in [0.29, 0.717) is 13.0 Å². The van der Waals surface area contributed by atoms with Crippen molar-refractivity contribution in [2.24, 2.45) is 11.7 Å². The lowest BCUT2D eigenvalue weighted by Gasteiger charge is -2.38. The molecule has 1 aliphatic carbocycles. The molecule has 1 saturated carbocycles. The molecular formula is C20H24F2N4O. The molecular weight excluding hydrogens is 350 g/mol. The Hall–Kier alpha value is -1.83. The van der Waals surface area contributed by atoms with Gasteiger partial charge in [-0.25, -0.2) is 8.78 Å². The minimum atomic E-state index is -0.604. The lowest BCUT2D eigenvalue weighted by molar-refractivity contribution is -0.0534. The molecule has 5 rings (SSSR count). The molecule has 0 bridgehead atoms. The molecule has 1 aromatic carbocycles. The molecule has 0 radical (unpaired) electrons. The fourth-order valence-electron chi connectivity index (χ4n) is 4.34. The van der Waals surface area contributed by atoms with Crippen LogP contribution < -0.4 is 5.73 Å². The number of hydrogen-bond donors (Lipinski definition) is 1.